The molecule has 0 unspecified atom stereocenters. The highest BCUT2D eigenvalue weighted by Gasteiger charge is 2.07. The summed E-state index contributed by atoms with van der Waals surface area (Å²) in [6, 6.07) is 10.8. The molecule has 17 heavy (non-hydrogen) atoms. The van der Waals surface area contributed by atoms with E-state index in [0.717, 1.165) is 5.75 Å². The fraction of sp³-hybridized carbons (Fsp3) is 0.600. The maximum Gasteiger partial charge on any atom is 0.0185 e. The molecule has 94 valence electrons. The molecule has 1 saturated heterocycles. The highest BCUT2D eigenvalue weighted by Crippen LogP contribution is 2.14. The molecule has 1 aliphatic heterocycles. The topological polar surface area (TPSA) is 3.24 Å². The van der Waals surface area contributed by atoms with Crippen molar-refractivity contribution >= 4 is 11.8 Å². The van der Waals surface area contributed by atoms with Crippen LogP contribution in [0, 0.1) is 0 Å². The molecule has 1 nitrogen and oxygen atoms in total. The molecule has 0 radical (unpaired) electrons. The highest BCUT2D eigenvalue weighted by molar-refractivity contribution is 7.98. The van der Waals surface area contributed by atoms with E-state index < -0.39 is 0 Å². The molecule has 1 aliphatic rings. The predicted octanol–water partition coefficient (Wildman–Crippen LogP) is 3.80. The Labute approximate surface area is 110 Å². The van der Waals surface area contributed by atoms with Gasteiger partial charge in [0.25, 0.3) is 0 Å². The second-order valence-electron chi connectivity index (χ2n) is 4.79. The van der Waals surface area contributed by atoms with E-state index in [4.69, 9.17) is 0 Å². The fourth-order valence-electron chi connectivity index (χ4n) is 2.32. The maximum atomic E-state index is 2.64. The molecule has 0 saturated carbocycles. The third-order valence-electron chi connectivity index (χ3n) is 3.36. The lowest BCUT2D eigenvalue weighted by Crippen LogP contribution is -2.27. The van der Waals surface area contributed by atoms with E-state index >= 15 is 0 Å². The van der Waals surface area contributed by atoms with Crippen molar-refractivity contribution in [1.29, 1.82) is 0 Å². The summed E-state index contributed by atoms with van der Waals surface area (Å²) in [7, 11) is 0. The Morgan fingerprint density at radius 1 is 0.941 bits per heavy atom. The third kappa shape index (κ3) is 5.13. The van der Waals surface area contributed by atoms with E-state index in [2.05, 4.69) is 47.0 Å². The number of hydrogen-bond donors (Lipinski definition) is 0. The number of benzene rings is 1. The summed E-state index contributed by atoms with van der Waals surface area (Å²) in [5, 5.41) is 0. The van der Waals surface area contributed by atoms with Crippen molar-refractivity contribution in [3.05, 3.63) is 35.9 Å². The van der Waals surface area contributed by atoms with Gasteiger partial charge in [-0.25, -0.2) is 0 Å². The second kappa shape index (κ2) is 7.78. The lowest BCUT2D eigenvalue weighted by molar-refractivity contribution is 0.303. The summed E-state index contributed by atoms with van der Waals surface area (Å²) in [4.78, 5) is 2.64. The lowest BCUT2D eigenvalue weighted by atomic mass is 10.2. The molecule has 0 atom stereocenters. The van der Waals surface area contributed by atoms with Gasteiger partial charge in [0.05, 0.1) is 0 Å². The molecule has 2 rings (SSSR count). The second-order valence-corrected chi connectivity index (χ2v) is 5.90. The average Bonchev–Trinajstić information content (AvgIpc) is 2.65. The van der Waals surface area contributed by atoms with Crippen LogP contribution in [-0.4, -0.2) is 30.3 Å². The monoisotopic (exact) mass is 249 g/mol. The van der Waals surface area contributed by atoms with Crippen LogP contribution < -0.4 is 0 Å². The van der Waals surface area contributed by atoms with Crippen LogP contribution in [0.1, 0.15) is 31.2 Å². The summed E-state index contributed by atoms with van der Waals surface area (Å²) in [6.07, 6.45) is 5.69. The fourth-order valence-corrected chi connectivity index (χ4v) is 3.28. The molecule has 2 heteroatoms. The van der Waals surface area contributed by atoms with Crippen LogP contribution in [0.4, 0.5) is 0 Å². The van der Waals surface area contributed by atoms with Crippen molar-refractivity contribution in [2.45, 2.75) is 31.4 Å². The van der Waals surface area contributed by atoms with Gasteiger partial charge in [0.1, 0.15) is 0 Å². The first-order valence-electron chi connectivity index (χ1n) is 6.79. The molecule has 0 amide bonds. The van der Waals surface area contributed by atoms with E-state index in [1.165, 1.54) is 56.6 Å². The molecule has 1 aromatic rings. The molecule has 0 bridgehead atoms. The summed E-state index contributed by atoms with van der Waals surface area (Å²) in [6.45, 7) is 3.93. The SMILES string of the molecule is c1ccc(CSCCN2CCCCCC2)cc1. The number of thioether (sulfide) groups is 1. The number of likely N-dealkylation sites (tertiary alicyclic amines) is 1. The summed E-state index contributed by atoms with van der Waals surface area (Å²) in [5.41, 5.74) is 1.45. The van der Waals surface area contributed by atoms with Crippen LogP contribution in [0.3, 0.4) is 0 Å². The normalized spacial score (nSPS) is 17.9. The van der Waals surface area contributed by atoms with Crippen molar-refractivity contribution in [2.75, 3.05) is 25.4 Å². The summed E-state index contributed by atoms with van der Waals surface area (Å²) in [5.74, 6) is 2.43. The Bertz CT molecular complexity index is 291. The van der Waals surface area contributed by atoms with E-state index in [9.17, 15) is 0 Å². The standard InChI is InChI=1S/C15H23NS/c1-2-7-11-16(10-6-1)12-13-17-14-15-8-4-3-5-9-15/h3-5,8-9H,1-2,6-7,10-14H2. The smallest absolute Gasteiger partial charge is 0.0185 e. The molecule has 1 aromatic carbocycles. The van der Waals surface area contributed by atoms with Gasteiger partial charge in [-0.15, -0.1) is 0 Å². The van der Waals surface area contributed by atoms with Crippen LogP contribution >= 0.6 is 11.8 Å². The number of nitrogens with zero attached hydrogens (tertiary/aromatic N) is 1. The maximum absolute atomic E-state index is 2.64. The van der Waals surface area contributed by atoms with Crippen LogP contribution in [0.25, 0.3) is 0 Å². The van der Waals surface area contributed by atoms with Crippen molar-refractivity contribution in [3.8, 4) is 0 Å². The largest absolute Gasteiger partial charge is 0.303 e. The van der Waals surface area contributed by atoms with Crippen LogP contribution in [-0.2, 0) is 5.75 Å². The van der Waals surface area contributed by atoms with Crippen molar-refractivity contribution in [1.82, 2.24) is 4.90 Å². The molecule has 0 aliphatic carbocycles. The highest BCUT2D eigenvalue weighted by atomic mass is 32.2. The van der Waals surface area contributed by atoms with Gasteiger partial charge in [0.2, 0.25) is 0 Å². The van der Waals surface area contributed by atoms with Crippen molar-refractivity contribution in [3.63, 3.8) is 0 Å². The minimum Gasteiger partial charge on any atom is -0.303 e. The lowest BCUT2D eigenvalue weighted by Gasteiger charge is -2.19. The summed E-state index contributed by atoms with van der Waals surface area (Å²) < 4.78 is 0. The molecule has 0 aromatic heterocycles. The van der Waals surface area contributed by atoms with E-state index in [1.807, 2.05) is 0 Å². The van der Waals surface area contributed by atoms with E-state index in [-0.39, 0.29) is 0 Å². The van der Waals surface area contributed by atoms with Crippen LogP contribution in [0.5, 0.6) is 0 Å². The predicted molar refractivity (Wildman–Crippen MR) is 77.5 cm³/mol. The molecular weight excluding hydrogens is 226 g/mol. The van der Waals surface area contributed by atoms with E-state index in [1.54, 1.807) is 0 Å². The summed E-state index contributed by atoms with van der Waals surface area (Å²) >= 11 is 2.07. The first-order valence-corrected chi connectivity index (χ1v) is 7.94. The zero-order valence-corrected chi connectivity index (χ0v) is 11.4. The van der Waals surface area contributed by atoms with Gasteiger partial charge in [-0.05, 0) is 31.5 Å². The Balaban J connectivity index is 1.59. The molecular formula is C15H23NS. The number of hydrogen-bond acceptors (Lipinski definition) is 2. The Morgan fingerprint density at radius 2 is 1.65 bits per heavy atom. The quantitative estimate of drug-likeness (QED) is 0.730. The average molecular weight is 249 g/mol. The Kier molecular flexibility index (Phi) is 5.94. The molecule has 1 fully saturated rings. The van der Waals surface area contributed by atoms with Gasteiger partial charge >= 0.3 is 0 Å². The van der Waals surface area contributed by atoms with Crippen LogP contribution in [0.2, 0.25) is 0 Å². The van der Waals surface area contributed by atoms with Gasteiger partial charge < -0.3 is 4.90 Å². The molecule has 1 heterocycles. The van der Waals surface area contributed by atoms with Crippen molar-refractivity contribution < 1.29 is 0 Å². The van der Waals surface area contributed by atoms with E-state index in [0.29, 0.717) is 0 Å². The molecule has 0 N–H and O–H groups in total. The van der Waals surface area contributed by atoms with Crippen LogP contribution in [0.15, 0.2) is 30.3 Å². The van der Waals surface area contributed by atoms with Gasteiger partial charge in [-0.1, -0.05) is 43.2 Å². The first-order chi connectivity index (χ1) is 8.45. The van der Waals surface area contributed by atoms with Gasteiger partial charge in [-0.3, -0.25) is 0 Å². The minimum absolute atomic E-state index is 1.16. The zero-order chi connectivity index (χ0) is 11.8. The van der Waals surface area contributed by atoms with Gasteiger partial charge in [-0.2, -0.15) is 11.8 Å². The minimum atomic E-state index is 1.16. The zero-order valence-electron chi connectivity index (χ0n) is 10.6. The van der Waals surface area contributed by atoms with Gasteiger partial charge in [0.15, 0.2) is 0 Å². The Morgan fingerprint density at radius 3 is 2.35 bits per heavy atom. The Hall–Kier alpha value is -0.470. The first kappa shape index (κ1) is 13.0. The van der Waals surface area contributed by atoms with Crippen molar-refractivity contribution in [2.24, 2.45) is 0 Å². The third-order valence-corrected chi connectivity index (χ3v) is 4.37. The van der Waals surface area contributed by atoms with Gasteiger partial charge in [0, 0.05) is 18.1 Å². The number of rotatable bonds is 5. The molecule has 0 spiro atoms.